The monoisotopic (exact) mass is 332 g/mol. The predicted octanol–water partition coefficient (Wildman–Crippen LogP) is 2.12. The number of nitrogens with one attached hydrogen (secondary N) is 1. The molecule has 0 aliphatic rings. The Labute approximate surface area is 140 Å². The van der Waals surface area contributed by atoms with Gasteiger partial charge in [0.15, 0.2) is 18.2 Å². The van der Waals surface area contributed by atoms with Crippen LogP contribution in [0.5, 0.6) is 5.75 Å². The van der Waals surface area contributed by atoms with Gasteiger partial charge < -0.3 is 20.1 Å². The van der Waals surface area contributed by atoms with Crippen LogP contribution in [-0.2, 0) is 4.79 Å². The first-order valence-corrected chi connectivity index (χ1v) is 7.56. The molecule has 2 aromatic carbocycles. The van der Waals surface area contributed by atoms with Crippen LogP contribution in [0.25, 0.3) is 0 Å². The fraction of sp³-hybridized carbons (Fsp3) is 0.278. The van der Waals surface area contributed by atoms with E-state index in [2.05, 4.69) is 5.32 Å². The van der Waals surface area contributed by atoms with Crippen molar-refractivity contribution in [1.29, 1.82) is 0 Å². The molecular weight excluding hydrogens is 311 g/mol. The van der Waals surface area contributed by atoms with Gasteiger partial charge in [-0.3, -0.25) is 4.79 Å². The highest BCUT2D eigenvalue weighted by Gasteiger charge is 2.11. The maximum absolute atomic E-state index is 13.4. The van der Waals surface area contributed by atoms with E-state index >= 15 is 0 Å². The molecule has 1 amide bonds. The molecule has 0 bridgehead atoms. The van der Waals surface area contributed by atoms with Crippen molar-refractivity contribution in [2.75, 3.05) is 32.1 Å². The van der Waals surface area contributed by atoms with E-state index in [0.29, 0.717) is 5.56 Å². The van der Waals surface area contributed by atoms with Crippen LogP contribution in [0, 0.1) is 5.82 Å². The number of ether oxygens (including phenoxy) is 1. The maximum Gasteiger partial charge on any atom is 0.258 e. The van der Waals surface area contributed by atoms with Gasteiger partial charge in [-0.2, -0.15) is 0 Å². The molecule has 0 aromatic heterocycles. The molecule has 2 rings (SSSR count). The number of rotatable bonds is 7. The molecule has 5 nitrogen and oxygen atoms in total. The Hall–Kier alpha value is -2.60. The van der Waals surface area contributed by atoms with E-state index in [-0.39, 0.29) is 18.9 Å². The van der Waals surface area contributed by atoms with Crippen molar-refractivity contribution in [1.82, 2.24) is 5.32 Å². The Morgan fingerprint density at radius 3 is 2.50 bits per heavy atom. The van der Waals surface area contributed by atoms with Gasteiger partial charge in [-0.15, -0.1) is 0 Å². The van der Waals surface area contributed by atoms with Crippen molar-refractivity contribution in [3.8, 4) is 5.75 Å². The number of halogens is 1. The van der Waals surface area contributed by atoms with Gasteiger partial charge >= 0.3 is 0 Å². The number of aliphatic hydroxyl groups excluding tert-OH is 1. The molecule has 0 heterocycles. The van der Waals surface area contributed by atoms with Crippen LogP contribution >= 0.6 is 0 Å². The van der Waals surface area contributed by atoms with Crippen LogP contribution in [0.3, 0.4) is 0 Å². The summed E-state index contributed by atoms with van der Waals surface area (Å²) in [6, 6.07) is 13.3. The number of para-hydroxylation sites is 1. The molecule has 0 saturated carbocycles. The van der Waals surface area contributed by atoms with Gasteiger partial charge in [-0.05, 0) is 29.8 Å². The van der Waals surface area contributed by atoms with E-state index in [9.17, 15) is 14.3 Å². The number of benzene rings is 2. The van der Waals surface area contributed by atoms with Gasteiger partial charge in [0, 0.05) is 26.3 Å². The quantitative estimate of drug-likeness (QED) is 0.815. The Morgan fingerprint density at radius 1 is 1.21 bits per heavy atom. The molecule has 0 saturated heterocycles. The van der Waals surface area contributed by atoms with Gasteiger partial charge in [0.25, 0.3) is 5.91 Å². The Balaban J connectivity index is 1.79. The zero-order valence-corrected chi connectivity index (χ0v) is 13.7. The largest absolute Gasteiger partial charge is 0.481 e. The molecule has 1 unspecified atom stereocenters. The lowest BCUT2D eigenvalue weighted by atomic mass is 10.1. The number of hydrogen-bond donors (Lipinski definition) is 2. The van der Waals surface area contributed by atoms with Crippen molar-refractivity contribution < 1.29 is 19.0 Å². The van der Waals surface area contributed by atoms with E-state index in [1.54, 1.807) is 12.1 Å². The van der Waals surface area contributed by atoms with Gasteiger partial charge in [0.05, 0.1) is 6.10 Å². The maximum atomic E-state index is 13.4. The number of anilines is 1. The summed E-state index contributed by atoms with van der Waals surface area (Å²) in [6.45, 7) is -0.256. The van der Waals surface area contributed by atoms with Gasteiger partial charge in [0.2, 0.25) is 0 Å². The zero-order valence-electron chi connectivity index (χ0n) is 13.7. The van der Waals surface area contributed by atoms with Gasteiger partial charge in [0.1, 0.15) is 0 Å². The van der Waals surface area contributed by atoms with Crippen LogP contribution < -0.4 is 15.0 Å². The topological polar surface area (TPSA) is 61.8 Å². The van der Waals surface area contributed by atoms with E-state index in [1.807, 2.05) is 43.3 Å². The van der Waals surface area contributed by atoms with Crippen molar-refractivity contribution in [3.05, 3.63) is 59.9 Å². The molecular formula is C18H21FN2O3. The minimum Gasteiger partial charge on any atom is -0.481 e. The van der Waals surface area contributed by atoms with Crippen LogP contribution in [0.15, 0.2) is 48.5 Å². The summed E-state index contributed by atoms with van der Waals surface area (Å²) in [5, 5.41) is 12.7. The summed E-state index contributed by atoms with van der Waals surface area (Å²) in [6.07, 6.45) is -0.821. The van der Waals surface area contributed by atoms with Gasteiger partial charge in [-0.1, -0.05) is 24.3 Å². The Bertz CT molecular complexity index is 674. The second-order valence-corrected chi connectivity index (χ2v) is 5.52. The highest BCUT2D eigenvalue weighted by Crippen LogP contribution is 2.17. The number of carbonyl (C=O) groups excluding carboxylic acids is 1. The first-order chi connectivity index (χ1) is 11.5. The highest BCUT2D eigenvalue weighted by molar-refractivity contribution is 5.77. The number of carbonyl (C=O) groups is 1. The first kappa shape index (κ1) is 17.7. The molecule has 2 aromatic rings. The van der Waals surface area contributed by atoms with E-state index in [0.717, 1.165) is 5.69 Å². The summed E-state index contributed by atoms with van der Waals surface area (Å²) in [5.41, 5.74) is 1.73. The van der Waals surface area contributed by atoms with Crippen LogP contribution in [-0.4, -0.2) is 38.3 Å². The third-order valence-corrected chi connectivity index (χ3v) is 3.48. The molecule has 1 atom stereocenters. The normalized spacial score (nSPS) is 11.7. The molecule has 128 valence electrons. The first-order valence-electron chi connectivity index (χ1n) is 7.56. The number of nitrogens with zero attached hydrogens (tertiary/aromatic N) is 1. The summed E-state index contributed by atoms with van der Waals surface area (Å²) in [7, 11) is 3.86. The fourth-order valence-electron chi connectivity index (χ4n) is 2.08. The number of aliphatic hydroxyl groups is 1. The van der Waals surface area contributed by atoms with Gasteiger partial charge in [-0.25, -0.2) is 4.39 Å². The average Bonchev–Trinajstić information content (AvgIpc) is 2.59. The summed E-state index contributed by atoms with van der Waals surface area (Å²) in [5.74, 6) is -0.930. The molecule has 6 heteroatoms. The predicted molar refractivity (Wildman–Crippen MR) is 90.6 cm³/mol. The van der Waals surface area contributed by atoms with Crippen molar-refractivity contribution in [2.45, 2.75) is 6.10 Å². The number of amides is 1. The Morgan fingerprint density at radius 2 is 1.88 bits per heavy atom. The van der Waals surface area contributed by atoms with E-state index in [1.165, 1.54) is 12.1 Å². The molecule has 2 N–H and O–H groups in total. The molecule has 0 aliphatic heterocycles. The van der Waals surface area contributed by atoms with Crippen LogP contribution in [0.1, 0.15) is 11.7 Å². The smallest absolute Gasteiger partial charge is 0.258 e. The van der Waals surface area contributed by atoms with Crippen molar-refractivity contribution in [3.63, 3.8) is 0 Å². The highest BCUT2D eigenvalue weighted by atomic mass is 19.1. The summed E-state index contributed by atoms with van der Waals surface area (Å²) >= 11 is 0. The lowest BCUT2D eigenvalue weighted by Gasteiger charge is -2.16. The van der Waals surface area contributed by atoms with E-state index < -0.39 is 17.8 Å². The fourth-order valence-corrected chi connectivity index (χ4v) is 2.08. The third kappa shape index (κ3) is 4.96. The number of hydrogen-bond acceptors (Lipinski definition) is 4. The molecule has 0 fully saturated rings. The average molecular weight is 332 g/mol. The van der Waals surface area contributed by atoms with Crippen LogP contribution in [0.4, 0.5) is 10.1 Å². The summed E-state index contributed by atoms with van der Waals surface area (Å²) in [4.78, 5) is 13.7. The van der Waals surface area contributed by atoms with Crippen LogP contribution in [0.2, 0.25) is 0 Å². The lowest BCUT2D eigenvalue weighted by Crippen LogP contribution is -2.32. The second kappa shape index (κ2) is 8.31. The minimum atomic E-state index is -0.821. The zero-order chi connectivity index (χ0) is 17.5. The molecule has 0 spiro atoms. The second-order valence-electron chi connectivity index (χ2n) is 5.52. The van der Waals surface area contributed by atoms with Crippen molar-refractivity contribution in [2.24, 2.45) is 0 Å². The molecule has 0 aliphatic carbocycles. The minimum absolute atomic E-state index is 0.0208. The SMILES string of the molecule is CN(C)c1ccc(C(O)CNC(=O)COc2ccccc2F)cc1. The van der Waals surface area contributed by atoms with E-state index in [4.69, 9.17) is 4.74 Å². The van der Waals surface area contributed by atoms with Crippen molar-refractivity contribution >= 4 is 11.6 Å². The summed E-state index contributed by atoms with van der Waals surface area (Å²) < 4.78 is 18.5. The Kier molecular flexibility index (Phi) is 6.14. The molecule has 24 heavy (non-hydrogen) atoms. The third-order valence-electron chi connectivity index (χ3n) is 3.48. The molecule has 0 radical (unpaired) electrons. The lowest BCUT2D eigenvalue weighted by molar-refractivity contribution is -0.123. The standard InChI is InChI=1S/C18H21FN2O3/c1-21(2)14-9-7-13(8-10-14)16(22)11-20-18(23)12-24-17-6-4-3-5-15(17)19/h3-10,16,22H,11-12H2,1-2H3,(H,20,23).